The summed E-state index contributed by atoms with van der Waals surface area (Å²) in [7, 11) is -4.05. The Labute approximate surface area is 178 Å². The molecule has 31 heavy (non-hydrogen) atoms. The summed E-state index contributed by atoms with van der Waals surface area (Å²) in [5, 5.41) is 10.8. The molecule has 3 rings (SSSR count). The van der Waals surface area contributed by atoms with Crippen LogP contribution in [0.2, 0.25) is 0 Å². The SMILES string of the molecule is O=C(O)CNC(=O)c1ccc(S(=O)(=O)Nc2ccccc2C(=O)c2ccccc2)cc1. The molecule has 0 atom stereocenters. The minimum Gasteiger partial charge on any atom is -0.480 e. The predicted molar refractivity (Wildman–Crippen MR) is 114 cm³/mol. The number of carboxylic acids is 1. The Morgan fingerprint density at radius 2 is 1.39 bits per heavy atom. The molecule has 0 unspecified atom stereocenters. The van der Waals surface area contributed by atoms with E-state index in [9.17, 15) is 22.8 Å². The number of hydrogen-bond acceptors (Lipinski definition) is 5. The van der Waals surface area contributed by atoms with Gasteiger partial charge in [-0.1, -0.05) is 42.5 Å². The zero-order chi connectivity index (χ0) is 22.4. The van der Waals surface area contributed by atoms with E-state index in [1.54, 1.807) is 42.5 Å². The molecule has 0 aliphatic carbocycles. The predicted octanol–water partition coefficient (Wildman–Crippen LogP) is 2.53. The lowest BCUT2D eigenvalue weighted by molar-refractivity contribution is -0.135. The van der Waals surface area contributed by atoms with Gasteiger partial charge >= 0.3 is 5.97 Å². The van der Waals surface area contributed by atoms with Crippen molar-refractivity contribution in [3.8, 4) is 0 Å². The van der Waals surface area contributed by atoms with Crippen LogP contribution in [0.5, 0.6) is 0 Å². The van der Waals surface area contributed by atoms with Gasteiger partial charge in [0.05, 0.1) is 10.6 Å². The Bertz CT molecular complexity index is 1220. The molecular weight excluding hydrogens is 420 g/mol. The number of anilines is 1. The van der Waals surface area contributed by atoms with Crippen LogP contribution in [0.3, 0.4) is 0 Å². The number of benzene rings is 3. The summed E-state index contributed by atoms with van der Waals surface area (Å²) >= 11 is 0. The zero-order valence-corrected chi connectivity index (χ0v) is 16.9. The van der Waals surface area contributed by atoms with E-state index in [0.29, 0.717) is 5.56 Å². The van der Waals surface area contributed by atoms with Gasteiger partial charge in [-0.3, -0.25) is 19.1 Å². The molecule has 3 N–H and O–H groups in total. The molecule has 0 aromatic heterocycles. The monoisotopic (exact) mass is 438 g/mol. The van der Waals surface area contributed by atoms with Crippen molar-refractivity contribution in [1.82, 2.24) is 5.32 Å². The van der Waals surface area contributed by atoms with Crippen LogP contribution >= 0.6 is 0 Å². The quantitative estimate of drug-likeness (QED) is 0.464. The van der Waals surface area contributed by atoms with Crippen molar-refractivity contribution in [1.29, 1.82) is 0 Å². The minimum atomic E-state index is -4.05. The normalized spacial score (nSPS) is 10.8. The molecule has 3 aromatic carbocycles. The van der Waals surface area contributed by atoms with Crippen molar-refractivity contribution in [2.75, 3.05) is 11.3 Å². The summed E-state index contributed by atoms with van der Waals surface area (Å²) in [5.74, 6) is -2.16. The van der Waals surface area contributed by atoms with E-state index in [4.69, 9.17) is 5.11 Å². The summed E-state index contributed by atoms with van der Waals surface area (Å²) < 4.78 is 28.0. The van der Waals surface area contributed by atoms with Crippen LogP contribution < -0.4 is 10.0 Å². The highest BCUT2D eigenvalue weighted by molar-refractivity contribution is 7.92. The van der Waals surface area contributed by atoms with Gasteiger partial charge in [-0.05, 0) is 36.4 Å². The largest absolute Gasteiger partial charge is 0.480 e. The third kappa shape index (κ3) is 5.34. The highest BCUT2D eigenvalue weighted by Crippen LogP contribution is 2.23. The summed E-state index contributed by atoms with van der Waals surface area (Å²) in [6, 6.07) is 19.7. The van der Waals surface area contributed by atoms with Gasteiger partial charge in [-0.2, -0.15) is 0 Å². The molecular formula is C22H18N2O6S. The van der Waals surface area contributed by atoms with Crippen LogP contribution in [-0.2, 0) is 14.8 Å². The maximum atomic E-state index is 12.8. The summed E-state index contributed by atoms with van der Waals surface area (Å²) in [5.41, 5.74) is 0.854. The van der Waals surface area contributed by atoms with Gasteiger partial charge in [-0.25, -0.2) is 8.42 Å². The van der Waals surface area contributed by atoms with Crippen molar-refractivity contribution in [3.05, 3.63) is 95.6 Å². The first kappa shape index (κ1) is 21.7. The first-order chi connectivity index (χ1) is 14.8. The van der Waals surface area contributed by atoms with Crippen molar-refractivity contribution >= 4 is 33.4 Å². The van der Waals surface area contributed by atoms with Crippen molar-refractivity contribution in [2.45, 2.75) is 4.90 Å². The van der Waals surface area contributed by atoms with Gasteiger partial charge in [-0.15, -0.1) is 0 Å². The van der Waals surface area contributed by atoms with Crippen molar-refractivity contribution in [3.63, 3.8) is 0 Å². The molecule has 0 aliphatic rings. The molecule has 8 nitrogen and oxygen atoms in total. The first-order valence-corrected chi connectivity index (χ1v) is 10.6. The highest BCUT2D eigenvalue weighted by Gasteiger charge is 2.20. The van der Waals surface area contributed by atoms with Gasteiger partial charge in [0.25, 0.3) is 15.9 Å². The van der Waals surface area contributed by atoms with Gasteiger partial charge in [0.15, 0.2) is 5.78 Å². The number of hydrogen-bond donors (Lipinski definition) is 3. The molecule has 0 saturated heterocycles. The average Bonchev–Trinajstić information content (AvgIpc) is 2.78. The first-order valence-electron chi connectivity index (χ1n) is 9.09. The lowest BCUT2D eigenvalue weighted by Crippen LogP contribution is -2.29. The number of nitrogens with one attached hydrogen (secondary N) is 2. The van der Waals surface area contributed by atoms with E-state index < -0.39 is 28.4 Å². The number of para-hydroxylation sites is 1. The Morgan fingerprint density at radius 3 is 2.03 bits per heavy atom. The molecule has 3 aromatic rings. The maximum absolute atomic E-state index is 12.8. The summed E-state index contributed by atoms with van der Waals surface area (Å²) in [4.78, 5) is 35.1. The number of rotatable bonds is 8. The third-order valence-corrected chi connectivity index (χ3v) is 5.66. The molecule has 0 fully saturated rings. The van der Waals surface area contributed by atoms with Crippen LogP contribution in [0.4, 0.5) is 5.69 Å². The second-order valence-electron chi connectivity index (χ2n) is 6.45. The second kappa shape index (κ2) is 9.23. The summed E-state index contributed by atoms with van der Waals surface area (Å²) in [6.07, 6.45) is 0. The molecule has 9 heteroatoms. The Hall–Kier alpha value is -3.98. The number of carbonyl (C=O) groups excluding carboxylic acids is 2. The molecule has 0 saturated carbocycles. The highest BCUT2D eigenvalue weighted by atomic mass is 32.2. The molecule has 1 amide bonds. The fourth-order valence-electron chi connectivity index (χ4n) is 2.76. The standard InChI is InChI=1S/C22H18N2O6S/c25-20(26)14-23-22(28)16-10-12-17(13-11-16)31(29,30)24-19-9-5-4-8-18(19)21(27)15-6-2-1-3-7-15/h1-13,24H,14H2,(H,23,28)(H,25,26). The van der Waals surface area contributed by atoms with Gasteiger partial charge in [0, 0.05) is 16.7 Å². The van der Waals surface area contributed by atoms with Gasteiger partial charge < -0.3 is 10.4 Å². The number of sulfonamides is 1. The zero-order valence-electron chi connectivity index (χ0n) is 16.1. The molecule has 0 spiro atoms. The molecule has 158 valence electrons. The van der Waals surface area contributed by atoms with Crippen LogP contribution in [0, 0.1) is 0 Å². The third-order valence-electron chi connectivity index (χ3n) is 4.28. The van der Waals surface area contributed by atoms with E-state index in [1.165, 1.54) is 36.4 Å². The number of carbonyl (C=O) groups is 3. The Morgan fingerprint density at radius 1 is 0.774 bits per heavy atom. The van der Waals surface area contributed by atoms with Crippen LogP contribution in [0.25, 0.3) is 0 Å². The molecule has 0 bridgehead atoms. The van der Waals surface area contributed by atoms with E-state index in [-0.39, 0.29) is 27.5 Å². The van der Waals surface area contributed by atoms with E-state index in [2.05, 4.69) is 10.0 Å². The van der Waals surface area contributed by atoms with E-state index in [1.807, 2.05) is 0 Å². The molecule has 0 heterocycles. The lowest BCUT2D eigenvalue weighted by Gasteiger charge is -2.12. The number of carboxylic acid groups (broad SMARTS) is 1. The fraction of sp³-hybridized carbons (Fsp3) is 0.0455. The molecule has 0 aliphatic heterocycles. The van der Waals surface area contributed by atoms with E-state index in [0.717, 1.165) is 0 Å². The summed E-state index contributed by atoms with van der Waals surface area (Å²) in [6.45, 7) is -0.549. The number of ketones is 1. The lowest BCUT2D eigenvalue weighted by atomic mass is 10.0. The van der Waals surface area contributed by atoms with Crippen LogP contribution in [-0.4, -0.2) is 37.7 Å². The average molecular weight is 438 g/mol. The van der Waals surface area contributed by atoms with Gasteiger partial charge in [0.2, 0.25) is 0 Å². The fourth-order valence-corrected chi connectivity index (χ4v) is 3.84. The topological polar surface area (TPSA) is 130 Å². The minimum absolute atomic E-state index is 0.111. The Kier molecular flexibility index (Phi) is 6.46. The second-order valence-corrected chi connectivity index (χ2v) is 8.13. The smallest absolute Gasteiger partial charge is 0.322 e. The van der Waals surface area contributed by atoms with Crippen molar-refractivity contribution in [2.24, 2.45) is 0 Å². The van der Waals surface area contributed by atoms with Crippen molar-refractivity contribution < 1.29 is 27.9 Å². The van der Waals surface area contributed by atoms with Crippen LogP contribution in [0.1, 0.15) is 26.3 Å². The maximum Gasteiger partial charge on any atom is 0.322 e. The molecule has 0 radical (unpaired) electrons. The van der Waals surface area contributed by atoms with E-state index >= 15 is 0 Å². The number of amides is 1. The Balaban J connectivity index is 1.82. The number of aliphatic carboxylic acids is 1. The van der Waals surface area contributed by atoms with Crippen LogP contribution in [0.15, 0.2) is 83.8 Å². The van der Waals surface area contributed by atoms with Gasteiger partial charge in [0.1, 0.15) is 6.54 Å².